The van der Waals surface area contributed by atoms with Crippen molar-refractivity contribution in [1.29, 1.82) is 0 Å². The normalized spacial score (nSPS) is 21.2. The summed E-state index contributed by atoms with van der Waals surface area (Å²) in [7, 11) is -1.20. The molecular formula is C26H36F2N2O3S. The van der Waals surface area contributed by atoms with Crippen LogP contribution >= 0.6 is 0 Å². The molecule has 0 saturated heterocycles. The Labute approximate surface area is 203 Å². The Kier molecular flexibility index (Phi) is 8.71. The lowest BCUT2D eigenvalue weighted by Gasteiger charge is -2.25. The highest BCUT2D eigenvalue weighted by molar-refractivity contribution is 7.84. The first-order chi connectivity index (χ1) is 16.0. The van der Waals surface area contributed by atoms with Crippen LogP contribution in [0.1, 0.15) is 93.6 Å². The fourth-order valence-electron chi connectivity index (χ4n) is 4.43. The summed E-state index contributed by atoms with van der Waals surface area (Å²) in [6.45, 7) is 5.72. The molecule has 34 heavy (non-hydrogen) atoms. The smallest absolute Gasteiger partial charge is 0.165 e. The van der Waals surface area contributed by atoms with Crippen molar-refractivity contribution in [3.63, 3.8) is 0 Å². The molecule has 0 heterocycles. The van der Waals surface area contributed by atoms with E-state index in [9.17, 15) is 23.2 Å². The number of aromatic hydroxyl groups is 2. The van der Waals surface area contributed by atoms with E-state index in [1.165, 1.54) is 24.3 Å². The highest BCUT2D eigenvalue weighted by atomic mass is 32.2. The van der Waals surface area contributed by atoms with Gasteiger partial charge in [0.1, 0.15) is 0 Å². The average Bonchev–Trinajstić information content (AvgIpc) is 3.05. The van der Waals surface area contributed by atoms with Crippen molar-refractivity contribution in [2.24, 2.45) is 5.73 Å². The van der Waals surface area contributed by atoms with Crippen LogP contribution in [0.3, 0.4) is 0 Å². The van der Waals surface area contributed by atoms with Crippen molar-refractivity contribution in [3.8, 4) is 11.5 Å². The predicted molar refractivity (Wildman–Crippen MR) is 132 cm³/mol. The van der Waals surface area contributed by atoms with Crippen molar-refractivity contribution in [2.75, 3.05) is 0 Å². The second kappa shape index (κ2) is 11.1. The zero-order valence-corrected chi connectivity index (χ0v) is 21.0. The Morgan fingerprint density at radius 1 is 0.882 bits per heavy atom. The molecule has 0 spiro atoms. The largest absolute Gasteiger partial charge is 0.505 e. The molecule has 0 bridgehead atoms. The van der Waals surface area contributed by atoms with Gasteiger partial charge in [0.15, 0.2) is 23.1 Å². The van der Waals surface area contributed by atoms with E-state index in [0.717, 1.165) is 73.6 Å². The van der Waals surface area contributed by atoms with Gasteiger partial charge in [0.05, 0.1) is 15.7 Å². The summed E-state index contributed by atoms with van der Waals surface area (Å²) in [5, 5.41) is 18.7. The SMILES string of the molecule is CC(C)(C)[S@](=O)N[C@@H]1CCCCc2cc(O)c(F)cc21.N[C@@H]1CCCCc2cc(O)c(F)cc21. The van der Waals surface area contributed by atoms with Crippen LogP contribution in [-0.2, 0) is 23.8 Å². The summed E-state index contributed by atoms with van der Waals surface area (Å²) in [6.07, 6.45) is 7.56. The van der Waals surface area contributed by atoms with Crippen LogP contribution in [0.4, 0.5) is 8.78 Å². The summed E-state index contributed by atoms with van der Waals surface area (Å²) in [4.78, 5) is 0. The number of aryl methyl sites for hydroxylation is 2. The minimum Gasteiger partial charge on any atom is -0.505 e. The number of phenols is 2. The topological polar surface area (TPSA) is 95.6 Å². The number of benzene rings is 2. The number of nitrogens with one attached hydrogen (secondary N) is 1. The molecule has 0 radical (unpaired) electrons. The van der Waals surface area contributed by atoms with E-state index in [1.54, 1.807) is 0 Å². The number of rotatable bonds is 2. The highest BCUT2D eigenvalue weighted by Gasteiger charge is 2.27. The third-order valence-electron chi connectivity index (χ3n) is 6.40. The molecule has 2 aromatic carbocycles. The van der Waals surface area contributed by atoms with Gasteiger partial charge in [0, 0.05) is 12.1 Å². The number of halogens is 2. The van der Waals surface area contributed by atoms with Gasteiger partial charge in [0.2, 0.25) is 0 Å². The first-order valence-corrected chi connectivity index (χ1v) is 13.1. The summed E-state index contributed by atoms with van der Waals surface area (Å²) in [5.41, 5.74) is 9.55. The molecule has 2 aliphatic rings. The molecule has 3 atom stereocenters. The molecule has 5 N–H and O–H groups in total. The Morgan fingerprint density at radius 3 is 1.94 bits per heavy atom. The summed E-state index contributed by atoms with van der Waals surface area (Å²) in [6, 6.07) is 5.57. The standard InChI is InChI=1S/C15H22FNO2S.C11H14FNO/c1-15(2,3)20(19)17-13-7-5-4-6-10-8-14(18)12(16)9-11(10)13;12-9-6-8-7(5-11(9)14)3-1-2-4-10(8)13/h8-9,13,17-18H,4-7H2,1-3H3;5-6,10,14H,1-4,13H2/t13-,20+;10-/m11/s1. The van der Waals surface area contributed by atoms with Crippen molar-refractivity contribution in [2.45, 2.75) is 89.0 Å². The lowest BCUT2D eigenvalue weighted by atomic mass is 9.99. The molecule has 0 amide bonds. The van der Waals surface area contributed by atoms with Crippen LogP contribution in [0.25, 0.3) is 0 Å². The van der Waals surface area contributed by atoms with Crippen molar-refractivity contribution < 1.29 is 23.2 Å². The van der Waals surface area contributed by atoms with E-state index < -0.39 is 22.6 Å². The Bertz CT molecular complexity index is 1040. The van der Waals surface area contributed by atoms with Gasteiger partial charge in [0.25, 0.3) is 0 Å². The lowest BCUT2D eigenvalue weighted by Crippen LogP contribution is -2.35. The van der Waals surface area contributed by atoms with Gasteiger partial charge < -0.3 is 15.9 Å². The van der Waals surface area contributed by atoms with E-state index in [-0.39, 0.29) is 28.3 Å². The fraction of sp³-hybridized carbons (Fsp3) is 0.538. The Morgan fingerprint density at radius 2 is 1.38 bits per heavy atom. The minimum absolute atomic E-state index is 0.0809. The fourth-order valence-corrected chi connectivity index (χ4v) is 5.28. The van der Waals surface area contributed by atoms with Crippen molar-refractivity contribution >= 4 is 11.0 Å². The van der Waals surface area contributed by atoms with Gasteiger partial charge in [-0.05, 0) is 106 Å². The summed E-state index contributed by atoms with van der Waals surface area (Å²) >= 11 is 0. The van der Waals surface area contributed by atoms with Gasteiger partial charge in [-0.1, -0.05) is 12.8 Å². The summed E-state index contributed by atoms with van der Waals surface area (Å²) < 4.78 is 41.8. The van der Waals surface area contributed by atoms with Gasteiger partial charge >= 0.3 is 0 Å². The highest BCUT2D eigenvalue weighted by Crippen LogP contribution is 2.34. The molecule has 2 aliphatic carbocycles. The van der Waals surface area contributed by atoms with Crippen LogP contribution in [-0.4, -0.2) is 19.2 Å². The maximum absolute atomic E-state index is 13.6. The molecular weight excluding hydrogens is 458 g/mol. The first-order valence-electron chi connectivity index (χ1n) is 11.9. The molecule has 0 fully saturated rings. The molecule has 4 rings (SSSR count). The van der Waals surface area contributed by atoms with Crippen LogP contribution in [0.15, 0.2) is 24.3 Å². The maximum atomic E-state index is 13.6. The van der Waals surface area contributed by atoms with Crippen LogP contribution in [0, 0.1) is 11.6 Å². The van der Waals surface area contributed by atoms with Gasteiger partial charge in [-0.25, -0.2) is 17.7 Å². The number of fused-ring (bicyclic) bond motifs is 2. The van der Waals surface area contributed by atoms with Crippen LogP contribution in [0.5, 0.6) is 11.5 Å². The first kappa shape index (κ1) is 26.6. The van der Waals surface area contributed by atoms with E-state index >= 15 is 0 Å². The van der Waals surface area contributed by atoms with E-state index in [2.05, 4.69) is 4.72 Å². The molecule has 8 heteroatoms. The lowest BCUT2D eigenvalue weighted by molar-refractivity contribution is 0.430. The Balaban J connectivity index is 0.000000202. The average molecular weight is 495 g/mol. The monoisotopic (exact) mass is 494 g/mol. The third-order valence-corrected chi connectivity index (χ3v) is 8.01. The van der Waals surface area contributed by atoms with Gasteiger partial charge in [-0.15, -0.1) is 0 Å². The van der Waals surface area contributed by atoms with E-state index in [1.807, 2.05) is 20.8 Å². The molecule has 5 nitrogen and oxygen atoms in total. The zero-order chi connectivity index (χ0) is 25.0. The zero-order valence-electron chi connectivity index (χ0n) is 20.2. The van der Waals surface area contributed by atoms with Gasteiger partial charge in [-0.3, -0.25) is 0 Å². The minimum atomic E-state index is -1.20. The predicted octanol–water partition coefficient (Wildman–Crippen LogP) is 5.61. The van der Waals surface area contributed by atoms with Gasteiger partial charge in [-0.2, -0.15) is 0 Å². The van der Waals surface area contributed by atoms with Crippen LogP contribution < -0.4 is 10.5 Å². The number of nitrogens with two attached hydrogens (primary N) is 1. The molecule has 188 valence electrons. The number of phenolic OH excluding ortho intramolecular Hbond substituents is 2. The van der Waals surface area contributed by atoms with Crippen molar-refractivity contribution in [3.05, 3.63) is 58.2 Å². The van der Waals surface area contributed by atoms with Crippen LogP contribution in [0.2, 0.25) is 0 Å². The maximum Gasteiger partial charge on any atom is 0.165 e. The molecule has 0 unspecified atom stereocenters. The molecule has 0 aromatic heterocycles. The third kappa shape index (κ3) is 6.55. The second-order valence-electron chi connectivity index (χ2n) is 10.2. The molecule has 2 aromatic rings. The quantitative estimate of drug-likeness (QED) is 0.408. The number of hydrogen-bond donors (Lipinski definition) is 4. The number of hydrogen-bond acceptors (Lipinski definition) is 4. The summed E-state index contributed by atoms with van der Waals surface area (Å²) in [5.74, 6) is -1.75. The molecule has 0 saturated carbocycles. The van der Waals surface area contributed by atoms with Crippen molar-refractivity contribution in [1.82, 2.24) is 4.72 Å². The van der Waals surface area contributed by atoms with E-state index in [4.69, 9.17) is 5.73 Å². The second-order valence-corrected chi connectivity index (χ2v) is 12.2. The molecule has 0 aliphatic heterocycles. The van der Waals surface area contributed by atoms with E-state index in [0.29, 0.717) is 0 Å². The Hall–Kier alpha value is -2.03.